The first-order chi connectivity index (χ1) is 17.7. The SMILES string of the molecule is O=C(NCc1ccccc1F)[C@H]1Cc2cc(C(F)(F)F)ccc2N2CCN(Cc3ccc(Cl)cc3)C[C@H]12. The highest BCUT2D eigenvalue weighted by Crippen LogP contribution is 2.40. The van der Waals surface area contributed by atoms with Gasteiger partial charge in [0.1, 0.15) is 5.82 Å². The topological polar surface area (TPSA) is 35.6 Å². The Morgan fingerprint density at radius 1 is 1.03 bits per heavy atom. The Morgan fingerprint density at radius 3 is 2.51 bits per heavy atom. The van der Waals surface area contributed by atoms with Crippen LogP contribution in [0.25, 0.3) is 0 Å². The van der Waals surface area contributed by atoms with Crippen LogP contribution in [0.4, 0.5) is 23.2 Å². The molecule has 0 aliphatic carbocycles. The minimum atomic E-state index is -4.47. The zero-order valence-electron chi connectivity index (χ0n) is 19.9. The Bertz CT molecular complexity index is 1280. The molecule has 0 spiro atoms. The summed E-state index contributed by atoms with van der Waals surface area (Å²) in [5.74, 6) is -1.30. The summed E-state index contributed by atoms with van der Waals surface area (Å²) in [6.07, 6.45) is -4.29. The van der Waals surface area contributed by atoms with Crippen molar-refractivity contribution in [3.05, 3.63) is 99.8 Å². The van der Waals surface area contributed by atoms with Crippen LogP contribution in [-0.4, -0.2) is 36.5 Å². The van der Waals surface area contributed by atoms with Gasteiger partial charge in [-0.2, -0.15) is 13.2 Å². The summed E-state index contributed by atoms with van der Waals surface area (Å²) in [4.78, 5) is 17.7. The smallest absolute Gasteiger partial charge is 0.365 e. The molecular weight excluding hydrogens is 506 g/mol. The molecule has 194 valence electrons. The molecule has 0 radical (unpaired) electrons. The number of benzene rings is 3. The lowest BCUT2D eigenvalue weighted by atomic mass is 9.82. The van der Waals surface area contributed by atoms with Crippen molar-refractivity contribution in [2.24, 2.45) is 5.92 Å². The number of nitrogens with zero attached hydrogens (tertiary/aromatic N) is 2. The summed E-state index contributed by atoms with van der Waals surface area (Å²) >= 11 is 6.01. The van der Waals surface area contributed by atoms with Gasteiger partial charge in [-0.3, -0.25) is 9.69 Å². The Labute approximate surface area is 217 Å². The number of carbonyl (C=O) groups is 1. The highest BCUT2D eigenvalue weighted by molar-refractivity contribution is 6.30. The van der Waals surface area contributed by atoms with Gasteiger partial charge in [-0.25, -0.2) is 4.39 Å². The number of piperazine rings is 1. The van der Waals surface area contributed by atoms with Gasteiger partial charge < -0.3 is 10.2 Å². The summed E-state index contributed by atoms with van der Waals surface area (Å²) in [5.41, 5.74) is 1.96. The van der Waals surface area contributed by atoms with Crippen LogP contribution in [0.1, 0.15) is 22.3 Å². The molecule has 0 bridgehead atoms. The van der Waals surface area contributed by atoms with Crippen molar-refractivity contribution in [2.75, 3.05) is 24.5 Å². The molecule has 2 aliphatic heterocycles. The van der Waals surface area contributed by atoms with Crippen molar-refractivity contribution in [2.45, 2.75) is 31.7 Å². The van der Waals surface area contributed by atoms with E-state index in [9.17, 15) is 22.4 Å². The van der Waals surface area contributed by atoms with E-state index in [4.69, 9.17) is 11.6 Å². The van der Waals surface area contributed by atoms with Crippen molar-refractivity contribution in [1.29, 1.82) is 0 Å². The number of carbonyl (C=O) groups excluding carboxylic acids is 1. The number of halogens is 5. The highest BCUT2D eigenvalue weighted by atomic mass is 35.5. The summed E-state index contributed by atoms with van der Waals surface area (Å²) in [7, 11) is 0. The Morgan fingerprint density at radius 2 is 1.78 bits per heavy atom. The molecule has 37 heavy (non-hydrogen) atoms. The minimum Gasteiger partial charge on any atom is -0.365 e. The van der Waals surface area contributed by atoms with Gasteiger partial charge in [-0.15, -0.1) is 0 Å². The first-order valence-electron chi connectivity index (χ1n) is 12.1. The summed E-state index contributed by atoms with van der Waals surface area (Å²) < 4.78 is 54.4. The van der Waals surface area contributed by atoms with Gasteiger partial charge in [0, 0.05) is 49.0 Å². The summed E-state index contributed by atoms with van der Waals surface area (Å²) in [6.45, 7) is 2.53. The van der Waals surface area contributed by atoms with E-state index in [-0.39, 0.29) is 24.9 Å². The predicted molar refractivity (Wildman–Crippen MR) is 135 cm³/mol. The lowest BCUT2D eigenvalue weighted by Crippen LogP contribution is -2.60. The van der Waals surface area contributed by atoms with Crippen LogP contribution in [0.2, 0.25) is 5.02 Å². The standard InChI is InChI=1S/C28H26ClF4N3O/c29-22-8-5-18(6-9-22)16-35-11-12-36-25-10-7-21(28(31,32)33)13-20(25)14-23(26(36)17-35)27(37)34-15-19-3-1-2-4-24(19)30/h1-10,13,23,26H,11-12,14-17H2,(H,34,37)/t23-,26+/m0/s1. The molecule has 2 heterocycles. The van der Waals surface area contributed by atoms with Crippen molar-refractivity contribution in [3.63, 3.8) is 0 Å². The molecule has 3 aromatic rings. The van der Waals surface area contributed by atoms with E-state index in [1.165, 1.54) is 12.1 Å². The van der Waals surface area contributed by atoms with Gasteiger partial charge in [-0.1, -0.05) is 41.9 Å². The van der Waals surface area contributed by atoms with Crippen LogP contribution in [-0.2, 0) is 30.5 Å². The monoisotopic (exact) mass is 531 g/mol. The fraction of sp³-hybridized carbons (Fsp3) is 0.321. The molecule has 2 atom stereocenters. The number of amides is 1. The van der Waals surface area contributed by atoms with Crippen molar-refractivity contribution in [3.8, 4) is 0 Å². The maximum atomic E-state index is 14.1. The van der Waals surface area contributed by atoms with E-state index >= 15 is 0 Å². The fourth-order valence-electron chi connectivity index (χ4n) is 5.31. The number of hydrogen-bond acceptors (Lipinski definition) is 3. The Kier molecular flexibility index (Phi) is 7.14. The maximum Gasteiger partial charge on any atom is 0.416 e. The van der Waals surface area contributed by atoms with E-state index in [2.05, 4.69) is 15.1 Å². The van der Waals surface area contributed by atoms with E-state index in [0.29, 0.717) is 42.3 Å². The van der Waals surface area contributed by atoms with Crippen molar-refractivity contribution < 1.29 is 22.4 Å². The average Bonchev–Trinajstić information content (AvgIpc) is 2.88. The van der Waals surface area contributed by atoms with Gasteiger partial charge in [0.05, 0.1) is 17.5 Å². The third-order valence-electron chi connectivity index (χ3n) is 7.19. The molecule has 0 unspecified atom stereocenters. The van der Waals surface area contributed by atoms with Gasteiger partial charge in [0.15, 0.2) is 0 Å². The molecule has 0 saturated carbocycles. The second-order valence-electron chi connectivity index (χ2n) is 9.58. The van der Waals surface area contributed by atoms with Crippen LogP contribution in [0, 0.1) is 11.7 Å². The van der Waals surface area contributed by atoms with Gasteiger partial charge >= 0.3 is 6.18 Å². The number of anilines is 1. The molecule has 0 aromatic heterocycles. The molecule has 1 N–H and O–H groups in total. The molecule has 4 nitrogen and oxygen atoms in total. The number of nitrogens with one attached hydrogen (secondary N) is 1. The van der Waals surface area contributed by atoms with Gasteiger partial charge in [-0.05, 0) is 53.9 Å². The van der Waals surface area contributed by atoms with Crippen molar-refractivity contribution >= 4 is 23.2 Å². The normalized spacial score (nSPS) is 19.8. The third kappa shape index (κ3) is 5.60. The molecular formula is C28H26ClF4N3O. The largest absolute Gasteiger partial charge is 0.416 e. The first-order valence-corrected chi connectivity index (χ1v) is 12.5. The van der Waals surface area contributed by atoms with E-state index in [1.54, 1.807) is 18.2 Å². The Balaban J connectivity index is 1.40. The van der Waals surface area contributed by atoms with Crippen LogP contribution >= 0.6 is 11.6 Å². The zero-order chi connectivity index (χ0) is 26.2. The van der Waals surface area contributed by atoms with Crippen LogP contribution in [0.15, 0.2) is 66.7 Å². The fourth-order valence-corrected chi connectivity index (χ4v) is 5.43. The maximum absolute atomic E-state index is 14.1. The molecule has 2 aliphatic rings. The number of rotatable bonds is 5. The van der Waals surface area contributed by atoms with Crippen molar-refractivity contribution in [1.82, 2.24) is 10.2 Å². The number of fused-ring (bicyclic) bond motifs is 3. The quantitative estimate of drug-likeness (QED) is 0.430. The highest BCUT2D eigenvalue weighted by Gasteiger charge is 2.42. The predicted octanol–water partition coefficient (Wildman–Crippen LogP) is 5.68. The van der Waals surface area contributed by atoms with Gasteiger partial charge in [0.25, 0.3) is 0 Å². The van der Waals surface area contributed by atoms with Crippen LogP contribution < -0.4 is 10.2 Å². The van der Waals surface area contributed by atoms with Crippen LogP contribution in [0.3, 0.4) is 0 Å². The zero-order valence-corrected chi connectivity index (χ0v) is 20.7. The van der Waals surface area contributed by atoms with E-state index in [0.717, 1.165) is 23.4 Å². The molecule has 3 aromatic carbocycles. The second kappa shape index (κ2) is 10.3. The van der Waals surface area contributed by atoms with Crippen LogP contribution in [0.5, 0.6) is 0 Å². The molecule has 9 heteroatoms. The molecule has 1 amide bonds. The lowest BCUT2D eigenvalue weighted by molar-refractivity contribution is -0.137. The molecule has 1 saturated heterocycles. The molecule has 5 rings (SSSR count). The van der Waals surface area contributed by atoms with E-state index < -0.39 is 23.5 Å². The lowest BCUT2D eigenvalue weighted by Gasteiger charge is -2.49. The summed E-state index contributed by atoms with van der Waals surface area (Å²) in [5, 5.41) is 3.48. The molecule has 1 fully saturated rings. The summed E-state index contributed by atoms with van der Waals surface area (Å²) in [6, 6.07) is 17.3. The van der Waals surface area contributed by atoms with Gasteiger partial charge in [0.2, 0.25) is 5.91 Å². The Hall–Kier alpha value is -3.10. The minimum absolute atomic E-state index is 0.0126. The third-order valence-corrected chi connectivity index (χ3v) is 7.44. The second-order valence-corrected chi connectivity index (χ2v) is 10.0. The van der Waals surface area contributed by atoms with E-state index in [1.807, 2.05) is 24.3 Å². The first kappa shape index (κ1) is 25.5. The number of alkyl halides is 3. The average molecular weight is 532 g/mol. The number of hydrogen-bond donors (Lipinski definition) is 1.